The maximum absolute atomic E-state index is 6.23. The fourth-order valence-corrected chi connectivity index (χ4v) is 3.84. The third-order valence-electron chi connectivity index (χ3n) is 5.17. The van der Waals surface area contributed by atoms with Crippen LogP contribution in [0, 0.1) is 0 Å². The molecule has 1 saturated heterocycles. The first-order chi connectivity index (χ1) is 9.57. The van der Waals surface area contributed by atoms with Crippen LogP contribution in [-0.2, 0) is 0 Å². The quantitative estimate of drug-likeness (QED) is 0.883. The van der Waals surface area contributed by atoms with E-state index in [-0.39, 0.29) is 5.54 Å². The highest BCUT2D eigenvalue weighted by atomic mass is 15.3. The fraction of sp³-hybridized carbons (Fsp3) is 0.625. The lowest BCUT2D eigenvalue weighted by molar-refractivity contribution is 0.315. The number of likely N-dealkylation sites (N-methyl/N-ethyl adjacent to an activating group) is 2. The van der Waals surface area contributed by atoms with E-state index in [0.29, 0.717) is 6.04 Å². The molecule has 0 spiro atoms. The van der Waals surface area contributed by atoms with Crippen LogP contribution in [0.15, 0.2) is 24.3 Å². The molecule has 4 heteroatoms. The number of nitrogens with zero attached hydrogens (tertiary/aromatic N) is 3. The summed E-state index contributed by atoms with van der Waals surface area (Å²) in [7, 11) is 4.39. The monoisotopic (exact) mass is 274 g/mol. The Morgan fingerprint density at radius 2 is 1.90 bits per heavy atom. The molecule has 0 amide bonds. The standard InChI is InChI=1S/C16H26N4/c1-13-10-16(11-17,12-19(13)3)20-9-8-18(2)14-6-4-5-7-15(14)20/h4-7,13H,8-12,17H2,1-3H3. The molecule has 4 nitrogen and oxygen atoms in total. The molecule has 0 saturated carbocycles. The van der Waals surface area contributed by atoms with Gasteiger partial charge in [0.25, 0.3) is 0 Å². The van der Waals surface area contributed by atoms with E-state index < -0.39 is 0 Å². The van der Waals surface area contributed by atoms with Gasteiger partial charge in [0.15, 0.2) is 0 Å². The van der Waals surface area contributed by atoms with Gasteiger partial charge in [-0.1, -0.05) is 12.1 Å². The van der Waals surface area contributed by atoms with Crippen LogP contribution in [0.25, 0.3) is 0 Å². The first kappa shape index (κ1) is 13.7. The minimum Gasteiger partial charge on any atom is -0.371 e. The van der Waals surface area contributed by atoms with Gasteiger partial charge in [-0.05, 0) is 32.5 Å². The molecular formula is C16H26N4. The predicted octanol–water partition coefficient (Wildman–Crippen LogP) is 1.36. The van der Waals surface area contributed by atoms with Crippen LogP contribution < -0.4 is 15.5 Å². The number of hydrogen-bond donors (Lipinski definition) is 1. The lowest BCUT2D eigenvalue weighted by atomic mass is 9.92. The molecule has 1 aromatic carbocycles. The number of rotatable bonds is 2. The Hall–Kier alpha value is -1.26. The summed E-state index contributed by atoms with van der Waals surface area (Å²) in [5, 5.41) is 0. The highest BCUT2D eigenvalue weighted by Crippen LogP contribution is 2.40. The van der Waals surface area contributed by atoms with Crippen molar-refractivity contribution in [1.82, 2.24) is 4.90 Å². The molecule has 0 radical (unpaired) electrons. The van der Waals surface area contributed by atoms with Gasteiger partial charge in [0.1, 0.15) is 0 Å². The second-order valence-corrected chi connectivity index (χ2v) is 6.46. The normalized spacial score (nSPS) is 30.7. The van der Waals surface area contributed by atoms with Gasteiger partial charge < -0.3 is 20.4 Å². The number of hydrogen-bond acceptors (Lipinski definition) is 4. The van der Waals surface area contributed by atoms with Crippen molar-refractivity contribution in [1.29, 1.82) is 0 Å². The first-order valence-electron chi connectivity index (χ1n) is 7.55. The maximum Gasteiger partial charge on any atom is 0.0666 e. The van der Waals surface area contributed by atoms with Gasteiger partial charge in [0.05, 0.1) is 16.9 Å². The van der Waals surface area contributed by atoms with Crippen LogP contribution in [0.3, 0.4) is 0 Å². The molecule has 2 aliphatic heterocycles. The Morgan fingerprint density at radius 1 is 1.20 bits per heavy atom. The maximum atomic E-state index is 6.23. The molecule has 2 unspecified atom stereocenters. The Morgan fingerprint density at radius 3 is 2.50 bits per heavy atom. The SMILES string of the molecule is CC1CC(CN)(N2CCN(C)c3ccccc32)CN1C. The van der Waals surface area contributed by atoms with E-state index in [9.17, 15) is 0 Å². The zero-order chi connectivity index (χ0) is 14.3. The summed E-state index contributed by atoms with van der Waals surface area (Å²) in [6.45, 7) is 6.21. The van der Waals surface area contributed by atoms with Crippen molar-refractivity contribution >= 4 is 11.4 Å². The summed E-state index contributed by atoms with van der Waals surface area (Å²) >= 11 is 0. The zero-order valence-corrected chi connectivity index (χ0v) is 12.8. The van der Waals surface area contributed by atoms with Crippen LogP contribution in [0.5, 0.6) is 0 Å². The van der Waals surface area contributed by atoms with E-state index in [0.717, 1.165) is 32.6 Å². The topological polar surface area (TPSA) is 35.7 Å². The van der Waals surface area contributed by atoms with E-state index in [2.05, 4.69) is 60.0 Å². The van der Waals surface area contributed by atoms with Crippen molar-refractivity contribution < 1.29 is 0 Å². The van der Waals surface area contributed by atoms with Crippen LogP contribution in [0.1, 0.15) is 13.3 Å². The molecule has 20 heavy (non-hydrogen) atoms. The summed E-state index contributed by atoms with van der Waals surface area (Å²) in [5.74, 6) is 0. The van der Waals surface area contributed by atoms with Crippen molar-refractivity contribution in [2.75, 3.05) is 50.1 Å². The highest BCUT2D eigenvalue weighted by molar-refractivity contribution is 5.74. The van der Waals surface area contributed by atoms with Crippen LogP contribution in [0.2, 0.25) is 0 Å². The number of anilines is 2. The minimum atomic E-state index is 0.0888. The summed E-state index contributed by atoms with van der Waals surface area (Å²) in [6.07, 6.45) is 1.15. The fourth-order valence-electron chi connectivity index (χ4n) is 3.84. The van der Waals surface area contributed by atoms with Gasteiger partial charge in [0, 0.05) is 39.3 Å². The van der Waals surface area contributed by atoms with Gasteiger partial charge in [-0.25, -0.2) is 0 Å². The number of fused-ring (bicyclic) bond motifs is 1. The lowest BCUT2D eigenvalue weighted by Gasteiger charge is -2.47. The number of para-hydroxylation sites is 2. The molecule has 2 heterocycles. The molecule has 110 valence electrons. The van der Waals surface area contributed by atoms with Gasteiger partial charge >= 0.3 is 0 Å². The molecular weight excluding hydrogens is 248 g/mol. The number of benzene rings is 1. The zero-order valence-electron chi connectivity index (χ0n) is 12.8. The molecule has 0 aliphatic carbocycles. The molecule has 2 atom stereocenters. The third kappa shape index (κ3) is 1.98. The van der Waals surface area contributed by atoms with E-state index in [4.69, 9.17) is 5.73 Å². The van der Waals surface area contributed by atoms with Crippen LogP contribution >= 0.6 is 0 Å². The average molecular weight is 274 g/mol. The van der Waals surface area contributed by atoms with E-state index in [1.165, 1.54) is 11.4 Å². The van der Waals surface area contributed by atoms with Crippen LogP contribution in [-0.4, -0.2) is 56.8 Å². The van der Waals surface area contributed by atoms with Gasteiger partial charge in [-0.2, -0.15) is 0 Å². The average Bonchev–Trinajstić information content (AvgIpc) is 2.76. The smallest absolute Gasteiger partial charge is 0.0666 e. The summed E-state index contributed by atoms with van der Waals surface area (Å²) < 4.78 is 0. The van der Waals surface area contributed by atoms with Crippen molar-refractivity contribution in [2.45, 2.75) is 24.9 Å². The van der Waals surface area contributed by atoms with Crippen molar-refractivity contribution in [3.8, 4) is 0 Å². The predicted molar refractivity (Wildman–Crippen MR) is 85.6 cm³/mol. The largest absolute Gasteiger partial charge is 0.371 e. The minimum absolute atomic E-state index is 0.0888. The number of nitrogens with two attached hydrogens (primary N) is 1. The Labute approximate surface area is 122 Å². The molecule has 0 aromatic heterocycles. The van der Waals surface area contributed by atoms with Crippen molar-refractivity contribution in [3.05, 3.63) is 24.3 Å². The van der Waals surface area contributed by atoms with E-state index in [1.807, 2.05) is 0 Å². The lowest BCUT2D eigenvalue weighted by Crippen LogP contribution is -2.59. The molecule has 3 rings (SSSR count). The second-order valence-electron chi connectivity index (χ2n) is 6.46. The van der Waals surface area contributed by atoms with Crippen LogP contribution in [0.4, 0.5) is 11.4 Å². The highest BCUT2D eigenvalue weighted by Gasteiger charge is 2.45. The van der Waals surface area contributed by atoms with Gasteiger partial charge in [-0.3, -0.25) is 0 Å². The summed E-state index contributed by atoms with van der Waals surface area (Å²) in [5.41, 5.74) is 8.99. The Kier molecular flexibility index (Phi) is 3.38. The van der Waals surface area contributed by atoms with Gasteiger partial charge in [-0.15, -0.1) is 0 Å². The number of likely N-dealkylation sites (tertiary alicyclic amines) is 1. The Balaban J connectivity index is 2.00. The first-order valence-corrected chi connectivity index (χ1v) is 7.55. The van der Waals surface area contributed by atoms with E-state index in [1.54, 1.807) is 0 Å². The third-order valence-corrected chi connectivity index (χ3v) is 5.17. The summed E-state index contributed by atoms with van der Waals surface area (Å²) in [6, 6.07) is 9.32. The molecule has 1 aromatic rings. The van der Waals surface area contributed by atoms with Crippen molar-refractivity contribution in [2.24, 2.45) is 5.73 Å². The van der Waals surface area contributed by atoms with E-state index >= 15 is 0 Å². The van der Waals surface area contributed by atoms with Gasteiger partial charge in [0.2, 0.25) is 0 Å². The van der Waals surface area contributed by atoms with Crippen molar-refractivity contribution in [3.63, 3.8) is 0 Å². The summed E-state index contributed by atoms with van der Waals surface area (Å²) in [4.78, 5) is 7.36. The molecule has 0 bridgehead atoms. The Bertz CT molecular complexity index is 477. The molecule has 1 fully saturated rings. The molecule has 2 aliphatic rings. The molecule has 2 N–H and O–H groups in total. The second kappa shape index (κ2) is 4.93.